The predicted octanol–water partition coefficient (Wildman–Crippen LogP) is 5.53. The molecule has 10 heteroatoms. The fourth-order valence-corrected chi connectivity index (χ4v) is 2.50. The van der Waals surface area contributed by atoms with Gasteiger partial charge in [0, 0.05) is 6.07 Å². The van der Waals surface area contributed by atoms with Crippen molar-refractivity contribution in [2.24, 2.45) is 0 Å². The van der Waals surface area contributed by atoms with Crippen LogP contribution >= 0.6 is 23.2 Å². The molecule has 2 aromatic carbocycles. The number of halogens is 5. The van der Waals surface area contributed by atoms with Crippen LogP contribution in [-0.4, -0.2) is 17.2 Å². The largest absolute Gasteiger partial charge is 0.479 e. The molecular weight excluding hydrogens is 410 g/mol. The Morgan fingerprint density at radius 1 is 1.22 bits per heavy atom. The minimum atomic E-state index is -4.63. The van der Waals surface area contributed by atoms with Gasteiger partial charge in [0.2, 0.25) is 0 Å². The number of carboxylic acid groups (broad SMARTS) is 1. The van der Waals surface area contributed by atoms with Crippen LogP contribution in [0.2, 0.25) is 10.0 Å². The van der Waals surface area contributed by atoms with E-state index >= 15 is 0 Å². The van der Waals surface area contributed by atoms with Gasteiger partial charge in [-0.25, -0.2) is 4.79 Å². The Balaban J connectivity index is 2.38. The Morgan fingerprint density at radius 3 is 2.30 bits per heavy atom. The van der Waals surface area contributed by atoms with Gasteiger partial charge in [-0.05, 0) is 31.2 Å². The summed E-state index contributed by atoms with van der Waals surface area (Å²) in [4.78, 5) is 10.9. The number of aliphatic carboxylic acids is 1. The van der Waals surface area contributed by atoms with E-state index in [4.69, 9.17) is 43.0 Å². The normalized spacial score (nSPS) is 12.2. The lowest BCUT2D eigenvalue weighted by Gasteiger charge is -2.15. The summed E-state index contributed by atoms with van der Waals surface area (Å²) in [6.45, 7) is 1.26. The van der Waals surface area contributed by atoms with E-state index in [-0.39, 0.29) is 32.9 Å². The highest BCUT2D eigenvalue weighted by atomic mass is 35.5. The van der Waals surface area contributed by atoms with Gasteiger partial charge in [-0.15, -0.1) is 0 Å². The average molecular weight is 420 g/mol. The second kappa shape index (κ2) is 7.94. The van der Waals surface area contributed by atoms with Gasteiger partial charge in [0.1, 0.15) is 17.6 Å². The number of nitrogens with zero attached hydrogens (tertiary/aromatic N) is 1. The Hall–Kier alpha value is -2.63. The lowest BCUT2D eigenvalue weighted by molar-refractivity contribution is -0.144. The first-order valence-electron chi connectivity index (χ1n) is 7.20. The summed E-state index contributed by atoms with van der Waals surface area (Å²) in [6, 6.07) is 7.00. The van der Waals surface area contributed by atoms with Crippen molar-refractivity contribution in [3.63, 3.8) is 0 Å². The molecule has 0 heterocycles. The fourth-order valence-electron chi connectivity index (χ4n) is 1.94. The number of hydrogen-bond donors (Lipinski definition) is 1. The van der Waals surface area contributed by atoms with E-state index in [0.29, 0.717) is 12.1 Å². The van der Waals surface area contributed by atoms with Gasteiger partial charge in [0.15, 0.2) is 11.9 Å². The summed E-state index contributed by atoms with van der Waals surface area (Å²) >= 11 is 11.7. The summed E-state index contributed by atoms with van der Waals surface area (Å²) in [5, 5.41) is 17.2. The van der Waals surface area contributed by atoms with Crippen molar-refractivity contribution in [1.82, 2.24) is 0 Å². The third-order valence-corrected chi connectivity index (χ3v) is 3.83. The molecule has 1 atom stereocenters. The van der Waals surface area contributed by atoms with Crippen LogP contribution < -0.4 is 9.47 Å². The highest BCUT2D eigenvalue weighted by Gasteiger charge is 2.32. The molecule has 0 amide bonds. The Bertz CT molecular complexity index is 902. The first kappa shape index (κ1) is 20.7. The molecule has 0 aromatic heterocycles. The quantitative estimate of drug-likeness (QED) is 0.689. The zero-order valence-electron chi connectivity index (χ0n) is 13.5. The molecule has 2 aromatic rings. The molecule has 27 heavy (non-hydrogen) atoms. The molecule has 5 nitrogen and oxygen atoms in total. The van der Waals surface area contributed by atoms with Crippen molar-refractivity contribution in [1.29, 1.82) is 5.26 Å². The zero-order valence-corrected chi connectivity index (χ0v) is 15.0. The van der Waals surface area contributed by atoms with Crippen molar-refractivity contribution >= 4 is 29.2 Å². The number of nitriles is 1. The fraction of sp³-hybridized carbons (Fsp3) is 0.176. The lowest BCUT2D eigenvalue weighted by Crippen LogP contribution is -2.23. The minimum absolute atomic E-state index is 0.0325. The summed E-state index contributed by atoms with van der Waals surface area (Å²) < 4.78 is 48.9. The highest BCUT2D eigenvalue weighted by molar-refractivity contribution is 6.37. The van der Waals surface area contributed by atoms with Gasteiger partial charge >= 0.3 is 12.1 Å². The number of hydrogen-bond acceptors (Lipinski definition) is 4. The standard InChI is InChI=1S/C17H10Cl2F3NO4/c1-8(16(24)25)26-14-6-11(3-2-9(14)7-23)27-15-12(18)4-10(5-13(15)19)17(20,21)22/h2-6,8H,1H3,(H,24,25). The average Bonchev–Trinajstić information content (AvgIpc) is 2.57. The van der Waals surface area contributed by atoms with Crippen LogP contribution in [0, 0.1) is 11.3 Å². The minimum Gasteiger partial charge on any atom is -0.479 e. The second-order valence-corrected chi connectivity index (χ2v) is 6.05. The van der Waals surface area contributed by atoms with E-state index in [0.717, 1.165) is 0 Å². The lowest BCUT2D eigenvalue weighted by atomic mass is 10.2. The molecule has 0 spiro atoms. The third kappa shape index (κ3) is 4.96. The van der Waals surface area contributed by atoms with Crippen LogP contribution in [0.1, 0.15) is 18.1 Å². The summed E-state index contributed by atoms with van der Waals surface area (Å²) in [5.74, 6) is -1.53. The van der Waals surface area contributed by atoms with Crippen molar-refractivity contribution in [2.45, 2.75) is 19.2 Å². The molecular formula is C17H10Cl2F3NO4. The monoisotopic (exact) mass is 419 g/mol. The molecule has 0 aliphatic heterocycles. The van der Waals surface area contributed by atoms with Crippen molar-refractivity contribution < 1.29 is 32.5 Å². The summed E-state index contributed by atoms with van der Waals surface area (Å²) in [5.41, 5.74) is -0.996. The first-order valence-corrected chi connectivity index (χ1v) is 7.96. The van der Waals surface area contributed by atoms with Gasteiger partial charge < -0.3 is 14.6 Å². The van der Waals surface area contributed by atoms with E-state index in [9.17, 15) is 18.0 Å². The molecule has 0 bridgehead atoms. The van der Waals surface area contributed by atoms with Gasteiger partial charge in [0.25, 0.3) is 0 Å². The van der Waals surface area contributed by atoms with Gasteiger partial charge in [-0.3, -0.25) is 0 Å². The van der Waals surface area contributed by atoms with Crippen molar-refractivity contribution in [3.8, 4) is 23.3 Å². The maximum Gasteiger partial charge on any atom is 0.416 e. The van der Waals surface area contributed by atoms with E-state index < -0.39 is 23.8 Å². The van der Waals surface area contributed by atoms with E-state index in [1.165, 1.54) is 25.1 Å². The van der Waals surface area contributed by atoms with Crippen LogP contribution in [0.25, 0.3) is 0 Å². The van der Waals surface area contributed by atoms with Gasteiger partial charge in [0.05, 0.1) is 21.2 Å². The predicted molar refractivity (Wildman–Crippen MR) is 90.4 cm³/mol. The summed E-state index contributed by atoms with van der Waals surface area (Å²) in [7, 11) is 0. The number of carboxylic acids is 1. The number of benzene rings is 2. The third-order valence-electron chi connectivity index (χ3n) is 3.27. The molecule has 0 aliphatic rings. The molecule has 0 aliphatic carbocycles. The Kier molecular flexibility index (Phi) is 6.08. The Labute approximate surface area is 161 Å². The molecule has 142 valence electrons. The number of ether oxygens (including phenoxy) is 2. The van der Waals surface area contributed by atoms with Gasteiger partial charge in [-0.1, -0.05) is 23.2 Å². The number of alkyl halides is 3. The molecule has 2 rings (SSSR count). The van der Waals surface area contributed by atoms with Crippen LogP contribution in [-0.2, 0) is 11.0 Å². The van der Waals surface area contributed by atoms with Crippen molar-refractivity contribution in [3.05, 3.63) is 51.5 Å². The van der Waals surface area contributed by atoms with E-state index in [1.807, 2.05) is 6.07 Å². The van der Waals surface area contributed by atoms with Crippen molar-refractivity contribution in [2.75, 3.05) is 0 Å². The van der Waals surface area contributed by atoms with Gasteiger partial charge in [-0.2, -0.15) is 18.4 Å². The summed E-state index contributed by atoms with van der Waals surface area (Å²) in [6.07, 6.45) is -5.88. The molecule has 0 saturated carbocycles. The molecule has 0 fully saturated rings. The topological polar surface area (TPSA) is 79.5 Å². The van der Waals surface area contributed by atoms with E-state index in [1.54, 1.807) is 0 Å². The van der Waals surface area contributed by atoms with Crippen LogP contribution in [0.5, 0.6) is 17.2 Å². The SMILES string of the molecule is CC(Oc1cc(Oc2c(Cl)cc(C(F)(F)F)cc2Cl)ccc1C#N)C(=O)O. The maximum atomic E-state index is 12.8. The molecule has 0 radical (unpaired) electrons. The zero-order chi connectivity index (χ0) is 20.4. The maximum absolute atomic E-state index is 12.8. The second-order valence-electron chi connectivity index (χ2n) is 5.24. The molecule has 1 unspecified atom stereocenters. The highest BCUT2D eigenvalue weighted by Crippen LogP contribution is 2.42. The van der Waals surface area contributed by atoms with E-state index in [2.05, 4.69) is 0 Å². The number of rotatable bonds is 5. The van der Waals surface area contributed by atoms with Crippen LogP contribution in [0.3, 0.4) is 0 Å². The molecule has 0 saturated heterocycles. The Morgan fingerprint density at radius 2 is 1.81 bits per heavy atom. The smallest absolute Gasteiger partial charge is 0.416 e. The first-order chi connectivity index (χ1) is 12.5. The molecule has 1 N–H and O–H groups in total. The van der Waals surface area contributed by atoms with Crippen LogP contribution in [0.15, 0.2) is 30.3 Å². The van der Waals surface area contributed by atoms with Crippen LogP contribution in [0.4, 0.5) is 13.2 Å². The number of carbonyl (C=O) groups is 1.